The van der Waals surface area contributed by atoms with Crippen molar-refractivity contribution in [1.82, 2.24) is 4.98 Å². The molecule has 0 unspecified atom stereocenters. The Bertz CT molecular complexity index is 277. The van der Waals surface area contributed by atoms with Gasteiger partial charge >= 0.3 is 0 Å². The monoisotopic (exact) mass is 168 g/mol. The third-order valence-corrected chi connectivity index (χ3v) is 3.27. The molecule has 0 bridgehead atoms. The van der Waals surface area contributed by atoms with Crippen LogP contribution in [0.3, 0.4) is 0 Å². The van der Waals surface area contributed by atoms with Crippen molar-refractivity contribution in [2.45, 2.75) is 26.3 Å². The van der Waals surface area contributed by atoms with Crippen LogP contribution in [0.4, 0.5) is 0 Å². The summed E-state index contributed by atoms with van der Waals surface area (Å²) in [6, 6.07) is 0.142. The van der Waals surface area contributed by atoms with Crippen molar-refractivity contribution in [3.05, 3.63) is 16.1 Å². The van der Waals surface area contributed by atoms with Gasteiger partial charge in [0, 0.05) is 4.88 Å². The van der Waals surface area contributed by atoms with E-state index in [1.807, 2.05) is 5.51 Å². The zero-order valence-corrected chi connectivity index (χ0v) is 7.61. The fourth-order valence-electron chi connectivity index (χ4n) is 1.56. The molecule has 1 aromatic heterocycles. The second-order valence-electron chi connectivity index (χ2n) is 3.80. The van der Waals surface area contributed by atoms with E-state index in [-0.39, 0.29) is 11.5 Å². The van der Waals surface area contributed by atoms with Crippen LogP contribution in [0.1, 0.15) is 30.5 Å². The van der Waals surface area contributed by atoms with Crippen LogP contribution in [0.25, 0.3) is 0 Å². The smallest absolute Gasteiger partial charge is 0.0798 e. The Balaban J connectivity index is 2.45. The molecule has 0 aliphatic heterocycles. The minimum absolute atomic E-state index is 0.142. The van der Waals surface area contributed by atoms with Gasteiger partial charge in [-0.1, -0.05) is 13.8 Å². The molecular formula is C8H12N2S. The van der Waals surface area contributed by atoms with Crippen LogP contribution >= 0.6 is 11.3 Å². The lowest BCUT2D eigenvalue weighted by atomic mass is 9.87. The molecule has 3 heteroatoms. The molecular weight excluding hydrogens is 156 g/mol. The molecule has 2 N–H and O–H groups in total. The lowest BCUT2D eigenvalue weighted by Gasteiger charge is -2.22. The van der Waals surface area contributed by atoms with Gasteiger partial charge in [-0.25, -0.2) is 4.98 Å². The summed E-state index contributed by atoms with van der Waals surface area (Å²) in [5, 5.41) is 0. The molecule has 0 saturated heterocycles. The quantitative estimate of drug-likeness (QED) is 0.640. The zero-order valence-electron chi connectivity index (χ0n) is 6.79. The van der Waals surface area contributed by atoms with Crippen LogP contribution in [0.5, 0.6) is 0 Å². The Hall–Kier alpha value is -0.410. The van der Waals surface area contributed by atoms with E-state index in [2.05, 4.69) is 18.8 Å². The number of hydrogen-bond acceptors (Lipinski definition) is 3. The van der Waals surface area contributed by atoms with Crippen LogP contribution in [-0.4, -0.2) is 4.98 Å². The van der Waals surface area contributed by atoms with Gasteiger partial charge in [-0.2, -0.15) is 0 Å². The van der Waals surface area contributed by atoms with Crippen molar-refractivity contribution in [2.24, 2.45) is 11.1 Å². The number of aromatic nitrogens is 1. The van der Waals surface area contributed by atoms with Gasteiger partial charge in [0.05, 0.1) is 17.2 Å². The zero-order chi connectivity index (χ0) is 8.06. The Kier molecular flexibility index (Phi) is 1.35. The molecule has 0 radical (unpaired) electrons. The van der Waals surface area contributed by atoms with Crippen LogP contribution in [0.2, 0.25) is 0 Å². The predicted octanol–water partition coefficient (Wildman–Crippen LogP) is 1.73. The third kappa shape index (κ3) is 0.914. The number of nitrogens with two attached hydrogens (primary N) is 1. The van der Waals surface area contributed by atoms with E-state index in [0.717, 1.165) is 12.1 Å². The lowest BCUT2D eigenvalue weighted by Crippen LogP contribution is -2.25. The average molecular weight is 168 g/mol. The lowest BCUT2D eigenvalue weighted by molar-refractivity contribution is 0.316. The topological polar surface area (TPSA) is 38.9 Å². The van der Waals surface area contributed by atoms with E-state index in [0.29, 0.717) is 0 Å². The van der Waals surface area contributed by atoms with E-state index >= 15 is 0 Å². The Labute approximate surface area is 70.5 Å². The first-order valence-corrected chi connectivity index (χ1v) is 4.67. The average Bonchev–Trinajstić information content (AvgIpc) is 2.39. The van der Waals surface area contributed by atoms with Crippen molar-refractivity contribution in [3.63, 3.8) is 0 Å². The van der Waals surface area contributed by atoms with Gasteiger partial charge in [-0.15, -0.1) is 11.3 Å². The molecule has 0 saturated carbocycles. The maximum Gasteiger partial charge on any atom is 0.0798 e. The second-order valence-corrected chi connectivity index (χ2v) is 4.74. The van der Waals surface area contributed by atoms with Crippen LogP contribution in [0, 0.1) is 5.41 Å². The Morgan fingerprint density at radius 1 is 1.73 bits per heavy atom. The molecule has 1 aliphatic carbocycles. The van der Waals surface area contributed by atoms with Gasteiger partial charge in [-0.3, -0.25) is 0 Å². The summed E-state index contributed by atoms with van der Waals surface area (Å²) in [6.07, 6.45) is 1.09. The SMILES string of the molecule is CC1(C)Cc2scnc2[C@H]1N. The standard InChI is InChI=1S/C8H12N2S/c1-8(2)3-5-6(7(8)9)10-4-11-5/h4,7H,3,9H2,1-2H3/t7-/m1/s1. The summed E-state index contributed by atoms with van der Waals surface area (Å²) in [6.45, 7) is 4.40. The molecule has 60 valence electrons. The minimum atomic E-state index is 0.142. The van der Waals surface area contributed by atoms with E-state index in [1.165, 1.54) is 4.88 Å². The highest BCUT2D eigenvalue weighted by Crippen LogP contribution is 2.44. The maximum atomic E-state index is 6.01. The van der Waals surface area contributed by atoms with Gasteiger partial charge in [0.1, 0.15) is 0 Å². The summed E-state index contributed by atoms with van der Waals surface area (Å²) < 4.78 is 0. The minimum Gasteiger partial charge on any atom is -0.322 e. The van der Waals surface area contributed by atoms with Crippen molar-refractivity contribution in [1.29, 1.82) is 0 Å². The summed E-state index contributed by atoms with van der Waals surface area (Å²) in [5.74, 6) is 0. The molecule has 0 aromatic carbocycles. The van der Waals surface area contributed by atoms with Crippen LogP contribution in [0.15, 0.2) is 5.51 Å². The molecule has 2 nitrogen and oxygen atoms in total. The first-order chi connectivity index (χ1) is 5.11. The molecule has 1 heterocycles. The van der Waals surface area contributed by atoms with Gasteiger partial charge in [0.2, 0.25) is 0 Å². The Morgan fingerprint density at radius 3 is 3.09 bits per heavy atom. The summed E-state index contributed by atoms with van der Waals surface area (Å²) in [4.78, 5) is 5.64. The third-order valence-electron chi connectivity index (χ3n) is 2.43. The van der Waals surface area contributed by atoms with Crippen LogP contribution in [-0.2, 0) is 6.42 Å². The fourth-order valence-corrected chi connectivity index (χ4v) is 2.61. The first kappa shape index (κ1) is 7.25. The molecule has 2 rings (SSSR count). The van der Waals surface area contributed by atoms with Gasteiger partial charge in [0.15, 0.2) is 0 Å². The molecule has 11 heavy (non-hydrogen) atoms. The van der Waals surface area contributed by atoms with Gasteiger partial charge < -0.3 is 5.73 Å². The highest BCUT2D eigenvalue weighted by molar-refractivity contribution is 7.09. The maximum absolute atomic E-state index is 6.01. The molecule has 1 atom stereocenters. The number of thiazole rings is 1. The largest absolute Gasteiger partial charge is 0.322 e. The number of fused-ring (bicyclic) bond motifs is 1. The normalized spacial score (nSPS) is 27.0. The van der Waals surface area contributed by atoms with Crippen molar-refractivity contribution in [3.8, 4) is 0 Å². The molecule has 1 aromatic rings. The Morgan fingerprint density at radius 2 is 2.45 bits per heavy atom. The summed E-state index contributed by atoms with van der Waals surface area (Å²) in [7, 11) is 0. The second kappa shape index (κ2) is 2.05. The molecule has 0 amide bonds. The predicted molar refractivity (Wildman–Crippen MR) is 46.5 cm³/mol. The van der Waals surface area contributed by atoms with Gasteiger partial charge in [0.25, 0.3) is 0 Å². The molecule has 1 aliphatic rings. The van der Waals surface area contributed by atoms with Crippen molar-refractivity contribution < 1.29 is 0 Å². The molecule has 0 spiro atoms. The summed E-state index contributed by atoms with van der Waals surface area (Å²) >= 11 is 1.73. The van der Waals surface area contributed by atoms with E-state index in [4.69, 9.17) is 5.73 Å². The van der Waals surface area contributed by atoms with Crippen LogP contribution < -0.4 is 5.73 Å². The fraction of sp³-hybridized carbons (Fsp3) is 0.625. The van der Waals surface area contributed by atoms with Gasteiger partial charge in [-0.05, 0) is 11.8 Å². The highest BCUT2D eigenvalue weighted by Gasteiger charge is 2.38. The van der Waals surface area contributed by atoms with E-state index in [1.54, 1.807) is 11.3 Å². The van der Waals surface area contributed by atoms with E-state index in [9.17, 15) is 0 Å². The first-order valence-electron chi connectivity index (χ1n) is 3.79. The molecule has 0 fully saturated rings. The van der Waals surface area contributed by atoms with E-state index < -0.39 is 0 Å². The summed E-state index contributed by atoms with van der Waals surface area (Å²) in [5.41, 5.74) is 9.24. The van der Waals surface area contributed by atoms with Crippen molar-refractivity contribution >= 4 is 11.3 Å². The van der Waals surface area contributed by atoms with Crippen molar-refractivity contribution in [2.75, 3.05) is 0 Å². The number of nitrogens with zero attached hydrogens (tertiary/aromatic N) is 1. The highest BCUT2D eigenvalue weighted by atomic mass is 32.1. The number of rotatable bonds is 0. The number of hydrogen-bond donors (Lipinski definition) is 1.